The molecule has 0 aromatic rings. The van der Waals surface area contributed by atoms with Crippen molar-refractivity contribution in [3.8, 4) is 0 Å². The predicted octanol–water partition coefficient (Wildman–Crippen LogP) is 2.07. The van der Waals surface area contributed by atoms with Crippen LogP contribution in [0.5, 0.6) is 0 Å². The Morgan fingerprint density at radius 1 is 1.36 bits per heavy atom. The van der Waals surface area contributed by atoms with Gasteiger partial charge < -0.3 is 10.6 Å². The standard InChI is InChI=1S/C11H25N3/c1-5-9(3)8-14(4)10(6-2)7-11(12)13/h9-10H,5-8H2,1-4H3,(H3,12,13). The second kappa shape index (κ2) is 6.82. The van der Waals surface area contributed by atoms with Crippen LogP contribution in [0.3, 0.4) is 0 Å². The normalized spacial score (nSPS) is 15.5. The molecule has 3 heteroatoms. The van der Waals surface area contributed by atoms with E-state index < -0.39 is 0 Å². The van der Waals surface area contributed by atoms with E-state index in [4.69, 9.17) is 11.1 Å². The van der Waals surface area contributed by atoms with Crippen molar-refractivity contribution in [1.82, 2.24) is 4.90 Å². The van der Waals surface area contributed by atoms with Crippen molar-refractivity contribution in [3.05, 3.63) is 0 Å². The van der Waals surface area contributed by atoms with Gasteiger partial charge in [-0.1, -0.05) is 27.2 Å². The van der Waals surface area contributed by atoms with Crippen molar-refractivity contribution in [3.63, 3.8) is 0 Å². The lowest BCUT2D eigenvalue weighted by molar-refractivity contribution is 0.208. The zero-order valence-electron chi connectivity index (χ0n) is 10.0. The highest BCUT2D eigenvalue weighted by Gasteiger charge is 2.15. The summed E-state index contributed by atoms with van der Waals surface area (Å²) < 4.78 is 0. The molecule has 0 rings (SSSR count). The van der Waals surface area contributed by atoms with E-state index >= 15 is 0 Å². The van der Waals surface area contributed by atoms with Crippen LogP contribution in [-0.2, 0) is 0 Å². The first-order chi connectivity index (χ1) is 6.51. The first-order valence-electron chi connectivity index (χ1n) is 5.54. The van der Waals surface area contributed by atoms with Gasteiger partial charge >= 0.3 is 0 Å². The van der Waals surface area contributed by atoms with Crippen LogP contribution in [0.1, 0.15) is 40.0 Å². The largest absolute Gasteiger partial charge is 0.388 e. The minimum Gasteiger partial charge on any atom is -0.388 e. The first-order valence-corrected chi connectivity index (χ1v) is 5.54. The number of rotatable bonds is 7. The van der Waals surface area contributed by atoms with Crippen molar-refractivity contribution in [1.29, 1.82) is 5.41 Å². The molecule has 14 heavy (non-hydrogen) atoms. The van der Waals surface area contributed by atoms with Crippen LogP contribution in [-0.4, -0.2) is 30.4 Å². The molecule has 0 spiro atoms. The summed E-state index contributed by atoms with van der Waals surface area (Å²) in [4.78, 5) is 2.33. The van der Waals surface area contributed by atoms with Crippen molar-refractivity contribution < 1.29 is 0 Å². The van der Waals surface area contributed by atoms with Crippen LogP contribution in [0.2, 0.25) is 0 Å². The van der Waals surface area contributed by atoms with E-state index in [0.29, 0.717) is 18.3 Å². The van der Waals surface area contributed by atoms with Crippen molar-refractivity contribution in [2.24, 2.45) is 11.7 Å². The summed E-state index contributed by atoms with van der Waals surface area (Å²) in [6.45, 7) is 7.73. The van der Waals surface area contributed by atoms with Gasteiger partial charge in [-0.3, -0.25) is 5.41 Å². The second-order valence-electron chi connectivity index (χ2n) is 4.24. The van der Waals surface area contributed by atoms with Gasteiger partial charge in [0.15, 0.2) is 0 Å². The van der Waals surface area contributed by atoms with E-state index in [2.05, 4.69) is 32.7 Å². The third kappa shape index (κ3) is 5.22. The Labute approximate surface area is 88.2 Å². The molecule has 0 saturated heterocycles. The molecule has 0 aromatic heterocycles. The fourth-order valence-electron chi connectivity index (χ4n) is 1.64. The van der Waals surface area contributed by atoms with E-state index in [1.807, 2.05) is 0 Å². The molecule has 84 valence electrons. The maximum Gasteiger partial charge on any atom is 0.0921 e. The SMILES string of the molecule is CCC(C)CN(C)C(CC)CC(=N)N. The van der Waals surface area contributed by atoms with Crippen LogP contribution >= 0.6 is 0 Å². The number of nitrogens with two attached hydrogens (primary N) is 1. The Hall–Kier alpha value is -0.570. The summed E-state index contributed by atoms with van der Waals surface area (Å²) in [5.41, 5.74) is 5.43. The van der Waals surface area contributed by atoms with Crippen LogP contribution < -0.4 is 5.73 Å². The number of hydrogen-bond acceptors (Lipinski definition) is 2. The van der Waals surface area contributed by atoms with Gasteiger partial charge in [0.2, 0.25) is 0 Å². The molecule has 0 amide bonds. The van der Waals surface area contributed by atoms with Crippen LogP contribution in [0.4, 0.5) is 0 Å². The van der Waals surface area contributed by atoms with Crippen LogP contribution in [0.15, 0.2) is 0 Å². The Morgan fingerprint density at radius 3 is 2.29 bits per heavy atom. The van der Waals surface area contributed by atoms with E-state index in [1.165, 1.54) is 6.42 Å². The van der Waals surface area contributed by atoms with Crippen molar-refractivity contribution in [2.75, 3.05) is 13.6 Å². The molecule has 3 N–H and O–H groups in total. The highest BCUT2D eigenvalue weighted by molar-refractivity contribution is 5.77. The zero-order chi connectivity index (χ0) is 11.1. The summed E-state index contributed by atoms with van der Waals surface area (Å²) in [5, 5.41) is 7.30. The lowest BCUT2D eigenvalue weighted by Gasteiger charge is -2.28. The molecule has 2 atom stereocenters. The molecule has 3 nitrogen and oxygen atoms in total. The molecular formula is C11H25N3. The highest BCUT2D eigenvalue weighted by Crippen LogP contribution is 2.10. The van der Waals surface area contributed by atoms with Crippen molar-refractivity contribution in [2.45, 2.75) is 46.1 Å². The van der Waals surface area contributed by atoms with Gasteiger partial charge in [0.1, 0.15) is 0 Å². The number of hydrogen-bond donors (Lipinski definition) is 2. The molecule has 0 heterocycles. The molecule has 0 aliphatic heterocycles. The van der Waals surface area contributed by atoms with Gasteiger partial charge in [-0.05, 0) is 19.4 Å². The fourth-order valence-corrected chi connectivity index (χ4v) is 1.64. The van der Waals surface area contributed by atoms with Gasteiger partial charge in [-0.2, -0.15) is 0 Å². The van der Waals surface area contributed by atoms with Gasteiger partial charge in [0.25, 0.3) is 0 Å². The average molecular weight is 199 g/mol. The maximum absolute atomic E-state index is 7.30. The molecular weight excluding hydrogens is 174 g/mol. The van der Waals surface area contributed by atoms with E-state index in [1.54, 1.807) is 0 Å². The molecule has 0 aromatic carbocycles. The summed E-state index contributed by atoms with van der Waals surface area (Å²) in [6, 6.07) is 0.432. The summed E-state index contributed by atoms with van der Waals surface area (Å²) >= 11 is 0. The highest BCUT2D eigenvalue weighted by atomic mass is 15.1. The monoisotopic (exact) mass is 199 g/mol. The summed E-state index contributed by atoms with van der Waals surface area (Å²) in [5.74, 6) is 1.02. The van der Waals surface area contributed by atoms with Crippen LogP contribution in [0.25, 0.3) is 0 Å². The molecule has 0 aliphatic carbocycles. The molecule has 0 saturated carbocycles. The second-order valence-corrected chi connectivity index (χ2v) is 4.24. The Balaban J connectivity index is 4.03. The van der Waals surface area contributed by atoms with Gasteiger partial charge in [-0.25, -0.2) is 0 Å². The van der Waals surface area contributed by atoms with E-state index in [-0.39, 0.29) is 0 Å². The summed E-state index contributed by atoms with van der Waals surface area (Å²) in [6.07, 6.45) is 2.97. The number of nitrogens with zero attached hydrogens (tertiary/aromatic N) is 1. The Morgan fingerprint density at radius 2 is 1.93 bits per heavy atom. The smallest absolute Gasteiger partial charge is 0.0921 e. The Bertz CT molecular complexity index is 168. The lowest BCUT2D eigenvalue weighted by Crippen LogP contribution is -2.37. The van der Waals surface area contributed by atoms with E-state index in [0.717, 1.165) is 18.9 Å². The topological polar surface area (TPSA) is 53.1 Å². The molecule has 0 bridgehead atoms. The number of amidine groups is 1. The molecule has 0 fully saturated rings. The third-order valence-electron chi connectivity index (χ3n) is 2.85. The predicted molar refractivity (Wildman–Crippen MR) is 62.7 cm³/mol. The quantitative estimate of drug-likeness (QED) is 0.487. The maximum atomic E-state index is 7.30. The van der Waals surface area contributed by atoms with Gasteiger partial charge in [0, 0.05) is 19.0 Å². The zero-order valence-corrected chi connectivity index (χ0v) is 10.0. The fraction of sp³-hybridized carbons (Fsp3) is 0.909. The van der Waals surface area contributed by atoms with Crippen LogP contribution in [0, 0.1) is 11.3 Å². The third-order valence-corrected chi connectivity index (χ3v) is 2.85. The summed E-state index contributed by atoms with van der Waals surface area (Å²) in [7, 11) is 2.13. The average Bonchev–Trinajstić information content (AvgIpc) is 2.13. The van der Waals surface area contributed by atoms with E-state index in [9.17, 15) is 0 Å². The van der Waals surface area contributed by atoms with Gasteiger partial charge in [0.05, 0.1) is 5.84 Å². The lowest BCUT2D eigenvalue weighted by atomic mass is 10.1. The number of nitrogens with one attached hydrogen (secondary N) is 1. The Kier molecular flexibility index (Phi) is 6.54. The molecule has 2 unspecified atom stereocenters. The minimum absolute atomic E-state index is 0.299. The minimum atomic E-state index is 0.299. The van der Waals surface area contributed by atoms with Crippen molar-refractivity contribution >= 4 is 5.84 Å². The van der Waals surface area contributed by atoms with Gasteiger partial charge in [-0.15, -0.1) is 0 Å². The first kappa shape index (κ1) is 13.4. The molecule has 0 aliphatic rings. The molecule has 0 radical (unpaired) electrons.